The number of oxime groups is 1. The maximum atomic E-state index is 14.6. The Kier molecular flexibility index (Phi) is 10.9. The van der Waals surface area contributed by atoms with E-state index < -0.39 is 87.2 Å². The van der Waals surface area contributed by atoms with Gasteiger partial charge >= 0.3 is 6.09 Å². The highest BCUT2D eigenvalue weighted by Crippen LogP contribution is 2.48. The van der Waals surface area contributed by atoms with Gasteiger partial charge in [-0.25, -0.2) is 22.0 Å². The van der Waals surface area contributed by atoms with E-state index in [0.29, 0.717) is 18.6 Å². The number of carbonyl (C=O) groups excluding carboxylic acids is 4. The van der Waals surface area contributed by atoms with Crippen molar-refractivity contribution < 1.29 is 46.0 Å². The maximum Gasteiger partial charge on any atom is 0.408 e. The van der Waals surface area contributed by atoms with Crippen molar-refractivity contribution in [1.29, 1.82) is 0 Å². The number of sulfonamides is 1. The standard InChI is InChI=1S/C40H49F2N5O8S/c1-39(2,3)54-38(51)43-31(19-23-11-5-4-6-12-23)36(49)47-22-24(55-45-33-28-15-9-7-13-26(28)27-14-8-10-16-29(27)33)20-32(47)35(48)44-40(21-30(40)34(41)42)37(50)46-56(52,53)25-17-18-25/h7-10,13-16,23-25,30-32,34H,4-6,11-12,17-22H2,1-3H3,(H,43,51)(H,44,48)(H,46,50)/t24-,30+,31+,32+,40+/m1/s1. The summed E-state index contributed by atoms with van der Waals surface area (Å²) < 4.78 is 61.1. The van der Waals surface area contributed by atoms with Gasteiger partial charge in [0.15, 0.2) is 0 Å². The fourth-order valence-corrected chi connectivity index (χ4v) is 9.62. The Labute approximate surface area is 325 Å². The van der Waals surface area contributed by atoms with Crippen LogP contribution in [0.4, 0.5) is 13.6 Å². The molecule has 0 radical (unpaired) electrons. The lowest BCUT2D eigenvalue weighted by atomic mass is 9.84. The molecular formula is C40H49F2N5O8S. The largest absolute Gasteiger partial charge is 0.444 e. The molecule has 5 aliphatic rings. The Morgan fingerprint density at radius 3 is 2.09 bits per heavy atom. The van der Waals surface area contributed by atoms with E-state index in [4.69, 9.17) is 9.57 Å². The van der Waals surface area contributed by atoms with Crippen LogP contribution in [0.5, 0.6) is 0 Å². The van der Waals surface area contributed by atoms with Crippen LogP contribution in [0.1, 0.15) is 96.1 Å². The smallest absolute Gasteiger partial charge is 0.408 e. The normalized spacial score (nSPS) is 25.1. The Bertz CT molecular complexity index is 1960. The van der Waals surface area contributed by atoms with E-state index in [1.54, 1.807) is 20.8 Å². The Balaban J connectivity index is 1.18. The molecule has 1 saturated heterocycles. The molecule has 5 atom stereocenters. The van der Waals surface area contributed by atoms with Crippen molar-refractivity contribution in [3.63, 3.8) is 0 Å². The molecule has 3 saturated carbocycles. The van der Waals surface area contributed by atoms with Crippen LogP contribution in [0.15, 0.2) is 53.7 Å². The molecule has 2 aromatic carbocycles. The number of halogens is 2. The van der Waals surface area contributed by atoms with Gasteiger partial charge in [0.2, 0.25) is 28.3 Å². The van der Waals surface area contributed by atoms with Crippen molar-refractivity contribution in [3.8, 4) is 11.1 Å². The number of benzene rings is 2. The maximum absolute atomic E-state index is 14.6. The number of alkyl carbamates (subject to hydrolysis) is 1. The lowest BCUT2D eigenvalue weighted by Gasteiger charge is -2.32. The Morgan fingerprint density at radius 1 is 0.929 bits per heavy atom. The van der Waals surface area contributed by atoms with Crippen molar-refractivity contribution in [2.75, 3.05) is 6.54 Å². The first-order valence-electron chi connectivity index (χ1n) is 19.5. The lowest BCUT2D eigenvalue weighted by molar-refractivity contribution is -0.141. The van der Waals surface area contributed by atoms with Gasteiger partial charge in [-0.2, -0.15) is 0 Å². The van der Waals surface area contributed by atoms with E-state index in [1.807, 2.05) is 53.3 Å². The number of fused-ring (bicyclic) bond motifs is 3. The fraction of sp³-hybridized carbons (Fsp3) is 0.575. The zero-order valence-electron chi connectivity index (χ0n) is 31.8. The van der Waals surface area contributed by atoms with Gasteiger partial charge in [0, 0.05) is 17.5 Å². The van der Waals surface area contributed by atoms with Gasteiger partial charge in [-0.1, -0.05) is 85.8 Å². The zero-order valence-corrected chi connectivity index (χ0v) is 32.6. The van der Waals surface area contributed by atoms with Crippen LogP contribution in [0.25, 0.3) is 11.1 Å². The highest BCUT2D eigenvalue weighted by atomic mass is 32.2. The van der Waals surface area contributed by atoms with Gasteiger partial charge < -0.3 is 25.1 Å². The van der Waals surface area contributed by atoms with Crippen LogP contribution in [0.3, 0.4) is 0 Å². The van der Waals surface area contributed by atoms with Crippen molar-refractivity contribution in [1.82, 2.24) is 20.3 Å². The van der Waals surface area contributed by atoms with E-state index in [-0.39, 0.29) is 25.3 Å². The van der Waals surface area contributed by atoms with Crippen LogP contribution < -0.4 is 15.4 Å². The molecule has 0 aromatic heterocycles. The predicted octanol–water partition coefficient (Wildman–Crippen LogP) is 5.02. The first kappa shape index (κ1) is 39.6. The third-order valence-electron chi connectivity index (χ3n) is 11.3. The number of nitrogens with zero attached hydrogens (tertiary/aromatic N) is 2. The average Bonchev–Trinajstić information content (AvgIpc) is 4.06. The molecule has 0 spiro atoms. The van der Waals surface area contributed by atoms with Gasteiger partial charge in [0.1, 0.15) is 35.0 Å². The van der Waals surface area contributed by atoms with E-state index in [0.717, 1.165) is 54.4 Å². The van der Waals surface area contributed by atoms with Gasteiger partial charge in [-0.15, -0.1) is 0 Å². The molecule has 0 bridgehead atoms. The van der Waals surface area contributed by atoms with Crippen molar-refractivity contribution >= 4 is 39.5 Å². The lowest BCUT2D eigenvalue weighted by Crippen LogP contribution is -2.59. The number of nitrogens with one attached hydrogen (secondary N) is 3. The molecule has 7 rings (SSSR count). The number of rotatable bonds is 12. The molecule has 1 aliphatic heterocycles. The van der Waals surface area contributed by atoms with Gasteiger partial charge in [0.25, 0.3) is 5.91 Å². The molecule has 56 heavy (non-hydrogen) atoms. The summed E-state index contributed by atoms with van der Waals surface area (Å²) in [6.07, 6.45) is 0.355. The second-order valence-electron chi connectivity index (χ2n) is 16.7. The summed E-state index contributed by atoms with van der Waals surface area (Å²) in [7, 11) is -4.12. The highest BCUT2D eigenvalue weighted by Gasteiger charge is 2.66. The van der Waals surface area contributed by atoms with Crippen LogP contribution in [0, 0.1) is 11.8 Å². The van der Waals surface area contributed by atoms with Crippen LogP contribution >= 0.6 is 0 Å². The number of likely N-dealkylation sites (tertiary alicyclic amines) is 1. The SMILES string of the molecule is CC(C)(C)OC(=O)N[C@@H](CC1CCCCC1)C(=O)N1C[C@H](ON=C2c3ccccc3-c3ccccc32)C[C@H]1C(=O)N[C@@]1(C(=O)NS(=O)(=O)C2CC2)C[C@H]1C(F)F. The predicted molar refractivity (Wildman–Crippen MR) is 202 cm³/mol. The summed E-state index contributed by atoms with van der Waals surface area (Å²) in [6, 6.07) is 13.0. The number of amides is 4. The van der Waals surface area contributed by atoms with Gasteiger partial charge in [-0.3, -0.25) is 19.1 Å². The molecule has 1 heterocycles. The van der Waals surface area contributed by atoms with E-state index >= 15 is 0 Å². The molecule has 4 aliphatic carbocycles. The Morgan fingerprint density at radius 2 is 1.54 bits per heavy atom. The molecular weight excluding hydrogens is 749 g/mol. The molecule has 2 aromatic rings. The van der Waals surface area contributed by atoms with Crippen molar-refractivity contribution in [2.45, 2.75) is 126 Å². The summed E-state index contributed by atoms with van der Waals surface area (Å²) in [4.78, 5) is 62.8. The number of ether oxygens (including phenoxy) is 1. The fourth-order valence-electron chi connectivity index (χ4n) is 8.25. The van der Waals surface area contributed by atoms with Crippen LogP contribution in [-0.4, -0.2) is 90.4 Å². The van der Waals surface area contributed by atoms with Crippen LogP contribution in [-0.2, 0) is 34.0 Å². The third-order valence-corrected chi connectivity index (χ3v) is 13.2. The van der Waals surface area contributed by atoms with Gasteiger partial charge in [-0.05, 0) is 63.5 Å². The molecule has 4 amide bonds. The topological polar surface area (TPSA) is 173 Å². The molecule has 16 heteroatoms. The number of hydrogen-bond acceptors (Lipinski definition) is 9. The average molecular weight is 798 g/mol. The second kappa shape index (κ2) is 15.4. The molecule has 4 fully saturated rings. The molecule has 302 valence electrons. The first-order valence-corrected chi connectivity index (χ1v) is 21.0. The highest BCUT2D eigenvalue weighted by molar-refractivity contribution is 7.91. The summed E-state index contributed by atoms with van der Waals surface area (Å²) in [5.41, 5.74) is 1.11. The minimum atomic E-state index is -4.12. The Hall–Kier alpha value is -4.60. The summed E-state index contributed by atoms with van der Waals surface area (Å²) in [5.74, 6) is -4.29. The molecule has 0 unspecified atom stereocenters. The number of carbonyl (C=O) groups is 4. The quantitative estimate of drug-likeness (QED) is 0.215. The monoisotopic (exact) mass is 797 g/mol. The summed E-state index contributed by atoms with van der Waals surface area (Å²) >= 11 is 0. The van der Waals surface area contributed by atoms with Crippen molar-refractivity contribution in [3.05, 3.63) is 59.7 Å². The van der Waals surface area contributed by atoms with E-state index in [9.17, 15) is 36.4 Å². The molecule has 3 N–H and O–H groups in total. The molecule has 13 nitrogen and oxygen atoms in total. The van der Waals surface area contributed by atoms with Crippen LogP contribution in [0.2, 0.25) is 0 Å². The van der Waals surface area contributed by atoms with Crippen molar-refractivity contribution in [2.24, 2.45) is 17.0 Å². The second-order valence-corrected chi connectivity index (χ2v) is 18.7. The number of hydrogen-bond donors (Lipinski definition) is 3. The summed E-state index contributed by atoms with van der Waals surface area (Å²) in [6.45, 7) is 4.94. The zero-order chi connectivity index (χ0) is 40.0. The van der Waals surface area contributed by atoms with E-state index in [1.165, 1.54) is 4.90 Å². The number of alkyl halides is 2. The summed E-state index contributed by atoms with van der Waals surface area (Å²) in [5, 5.41) is 8.92. The minimum absolute atomic E-state index is 0.113. The first-order chi connectivity index (χ1) is 26.6. The minimum Gasteiger partial charge on any atom is -0.444 e. The third kappa shape index (κ3) is 8.40. The van der Waals surface area contributed by atoms with Gasteiger partial charge in [0.05, 0.1) is 17.7 Å². The van der Waals surface area contributed by atoms with E-state index in [2.05, 4.69) is 15.8 Å².